The Labute approximate surface area is 178 Å². The van der Waals surface area contributed by atoms with E-state index in [9.17, 15) is 4.79 Å². The van der Waals surface area contributed by atoms with E-state index in [0.717, 1.165) is 34.8 Å². The fourth-order valence-corrected chi connectivity index (χ4v) is 3.83. The van der Waals surface area contributed by atoms with E-state index in [1.807, 2.05) is 65.7 Å². The lowest BCUT2D eigenvalue weighted by atomic mass is 9.95. The molecule has 0 saturated heterocycles. The second-order valence-electron chi connectivity index (χ2n) is 7.14. The Hall–Kier alpha value is -2.78. The van der Waals surface area contributed by atoms with Crippen LogP contribution in [-0.4, -0.2) is 21.9 Å². The fraction of sp³-hybridized carbons (Fsp3) is 0.240. The number of amides is 1. The van der Waals surface area contributed by atoms with Crippen LogP contribution in [0.5, 0.6) is 0 Å². The van der Waals surface area contributed by atoms with Gasteiger partial charge in [-0.3, -0.25) is 4.79 Å². The van der Waals surface area contributed by atoms with Crippen molar-refractivity contribution >= 4 is 17.5 Å². The zero-order valence-corrected chi connectivity index (χ0v) is 17.6. The second-order valence-corrected chi connectivity index (χ2v) is 7.57. The first-order valence-electron chi connectivity index (χ1n) is 9.95. The first kappa shape index (κ1) is 20.9. The van der Waals surface area contributed by atoms with E-state index < -0.39 is 0 Å². The van der Waals surface area contributed by atoms with Gasteiger partial charge in [0.15, 0.2) is 0 Å². The van der Waals surface area contributed by atoms with Gasteiger partial charge in [-0.2, -0.15) is 0 Å². The molecule has 0 spiro atoms. The van der Waals surface area contributed by atoms with Gasteiger partial charge in [-0.1, -0.05) is 67.1 Å². The maximum Gasteiger partial charge on any atom is 0.230 e. The Morgan fingerprint density at radius 2 is 1.93 bits per heavy atom. The molecule has 29 heavy (non-hydrogen) atoms. The summed E-state index contributed by atoms with van der Waals surface area (Å²) in [5.74, 6) is -0.0124. The first-order valence-corrected chi connectivity index (χ1v) is 10.3. The van der Waals surface area contributed by atoms with Gasteiger partial charge in [-0.25, -0.2) is 0 Å². The van der Waals surface area contributed by atoms with Gasteiger partial charge in [0, 0.05) is 30.0 Å². The molecule has 3 nitrogen and oxygen atoms in total. The van der Waals surface area contributed by atoms with Crippen LogP contribution in [0.3, 0.4) is 0 Å². The van der Waals surface area contributed by atoms with Crippen LogP contribution in [0.2, 0.25) is 5.02 Å². The summed E-state index contributed by atoms with van der Waals surface area (Å²) in [4.78, 5) is 15.2. The summed E-state index contributed by atoms with van der Waals surface area (Å²) >= 11 is 6.13. The highest BCUT2D eigenvalue weighted by Gasteiger charge is 2.24. The van der Waals surface area contributed by atoms with Gasteiger partial charge in [0.05, 0.1) is 12.5 Å². The van der Waals surface area contributed by atoms with E-state index in [1.54, 1.807) is 6.08 Å². The SMILES string of the molecule is C=CCN(Cc1cccn1Cc1cccc(Cl)c1)C(=O)C(CC)c1ccccc1. The predicted molar refractivity (Wildman–Crippen MR) is 120 cm³/mol. The number of hydrogen-bond donors (Lipinski definition) is 0. The van der Waals surface area contributed by atoms with Crippen molar-refractivity contribution in [2.45, 2.75) is 32.4 Å². The lowest BCUT2D eigenvalue weighted by Gasteiger charge is -2.27. The molecular formula is C25H27ClN2O. The van der Waals surface area contributed by atoms with Gasteiger partial charge in [-0.05, 0) is 41.8 Å². The van der Waals surface area contributed by atoms with Gasteiger partial charge in [0.25, 0.3) is 0 Å². The molecule has 1 atom stereocenters. The van der Waals surface area contributed by atoms with Crippen molar-refractivity contribution in [2.24, 2.45) is 0 Å². The Morgan fingerprint density at radius 3 is 2.62 bits per heavy atom. The van der Waals surface area contributed by atoms with Crippen LogP contribution in [0.25, 0.3) is 0 Å². The highest BCUT2D eigenvalue weighted by Crippen LogP contribution is 2.23. The van der Waals surface area contributed by atoms with Crippen LogP contribution in [0.15, 0.2) is 85.6 Å². The molecule has 3 aromatic rings. The number of nitrogens with zero attached hydrogens (tertiary/aromatic N) is 2. The minimum atomic E-state index is -0.146. The third-order valence-corrected chi connectivity index (χ3v) is 5.32. The Morgan fingerprint density at radius 1 is 1.14 bits per heavy atom. The summed E-state index contributed by atoms with van der Waals surface area (Å²) in [7, 11) is 0. The number of hydrogen-bond acceptors (Lipinski definition) is 1. The summed E-state index contributed by atoms with van der Waals surface area (Å²) in [6.45, 7) is 7.69. The molecule has 0 saturated carbocycles. The molecule has 0 bridgehead atoms. The average Bonchev–Trinajstić information content (AvgIpc) is 3.15. The summed E-state index contributed by atoms with van der Waals surface area (Å²) in [5, 5.41) is 0.730. The van der Waals surface area contributed by atoms with Crippen LogP contribution in [0, 0.1) is 0 Å². The number of carbonyl (C=O) groups is 1. The van der Waals surface area contributed by atoms with Crippen molar-refractivity contribution < 1.29 is 4.79 Å². The van der Waals surface area contributed by atoms with Crippen LogP contribution in [0.4, 0.5) is 0 Å². The zero-order valence-electron chi connectivity index (χ0n) is 16.8. The summed E-state index contributed by atoms with van der Waals surface area (Å²) in [6, 6.07) is 22.0. The molecule has 0 aliphatic rings. The van der Waals surface area contributed by atoms with E-state index in [0.29, 0.717) is 13.1 Å². The Bertz CT molecular complexity index is 948. The molecule has 1 amide bonds. The molecule has 1 heterocycles. The topological polar surface area (TPSA) is 25.2 Å². The number of aromatic nitrogens is 1. The molecule has 2 aromatic carbocycles. The number of halogens is 1. The number of benzene rings is 2. The molecule has 0 aliphatic carbocycles. The van der Waals surface area contributed by atoms with E-state index in [1.165, 1.54) is 0 Å². The molecule has 1 aromatic heterocycles. The third-order valence-electron chi connectivity index (χ3n) is 5.09. The van der Waals surface area contributed by atoms with Crippen LogP contribution >= 0.6 is 11.6 Å². The molecule has 1 unspecified atom stereocenters. The number of carbonyl (C=O) groups excluding carboxylic acids is 1. The Kier molecular flexibility index (Phi) is 7.31. The maximum absolute atomic E-state index is 13.4. The van der Waals surface area contributed by atoms with E-state index in [4.69, 9.17) is 11.6 Å². The lowest BCUT2D eigenvalue weighted by molar-refractivity contribution is -0.133. The summed E-state index contributed by atoms with van der Waals surface area (Å²) < 4.78 is 2.17. The quantitative estimate of drug-likeness (QED) is 0.406. The summed E-state index contributed by atoms with van der Waals surface area (Å²) in [6.07, 6.45) is 4.60. The second kappa shape index (κ2) is 10.1. The van der Waals surface area contributed by atoms with E-state index >= 15 is 0 Å². The van der Waals surface area contributed by atoms with Crippen molar-refractivity contribution in [2.75, 3.05) is 6.54 Å². The third kappa shape index (κ3) is 5.39. The minimum absolute atomic E-state index is 0.133. The van der Waals surface area contributed by atoms with Gasteiger partial charge < -0.3 is 9.47 Å². The molecular weight excluding hydrogens is 380 g/mol. The molecule has 0 N–H and O–H groups in total. The maximum atomic E-state index is 13.4. The van der Waals surface area contributed by atoms with Crippen molar-refractivity contribution in [3.8, 4) is 0 Å². The van der Waals surface area contributed by atoms with Gasteiger partial charge in [0.2, 0.25) is 5.91 Å². The zero-order chi connectivity index (χ0) is 20.6. The van der Waals surface area contributed by atoms with Crippen LogP contribution in [0.1, 0.15) is 36.1 Å². The monoisotopic (exact) mass is 406 g/mol. The normalized spacial score (nSPS) is 11.8. The van der Waals surface area contributed by atoms with Crippen molar-refractivity contribution in [3.63, 3.8) is 0 Å². The van der Waals surface area contributed by atoms with Crippen molar-refractivity contribution in [3.05, 3.63) is 107 Å². The van der Waals surface area contributed by atoms with Crippen molar-refractivity contribution in [1.29, 1.82) is 0 Å². The van der Waals surface area contributed by atoms with E-state index in [2.05, 4.69) is 30.2 Å². The van der Waals surface area contributed by atoms with Crippen LogP contribution in [-0.2, 0) is 17.9 Å². The molecule has 150 valence electrons. The number of rotatable bonds is 9. The highest BCUT2D eigenvalue weighted by atomic mass is 35.5. The standard InChI is InChI=1S/C25H27ClN2O/c1-3-15-28(25(29)24(4-2)21-11-6-5-7-12-21)19-23-14-9-16-27(23)18-20-10-8-13-22(26)17-20/h3,5-14,16-17,24H,1,4,15,18-19H2,2H3. The Balaban J connectivity index is 1.80. The molecule has 0 fully saturated rings. The fourth-order valence-electron chi connectivity index (χ4n) is 3.62. The largest absolute Gasteiger partial charge is 0.345 e. The molecule has 3 rings (SSSR count). The summed E-state index contributed by atoms with van der Waals surface area (Å²) in [5.41, 5.74) is 3.28. The van der Waals surface area contributed by atoms with Gasteiger partial charge >= 0.3 is 0 Å². The minimum Gasteiger partial charge on any atom is -0.345 e. The average molecular weight is 407 g/mol. The molecule has 0 aliphatic heterocycles. The van der Waals surface area contributed by atoms with Crippen molar-refractivity contribution in [1.82, 2.24) is 9.47 Å². The smallest absolute Gasteiger partial charge is 0.230 e. The lowest BCUT2D eigenvalue weighted by Crippen LogP contribution is -2.35. The van der Waals surface area contributed by atoms with Gasteiger partial charge in [0.1, 0.15) is 0 Å². The van der Waals surface area contributed by atoms with Gasteiger partial charge in [-0.15, -0.1) is 6.58 Å². The molecule has 0 radical (unpaired) electrons. The first-order chi connectivity index (χ1) is 14.1. The highest BCUT2D eigenvalue weighted by molar-refractivity contribution is 6.30. The van der Waals surface area contributed by atoms with Crippen LogP contribution < -0.4 is 0 Å². The predicted octanol–water partition coefficient (Wildman–Crippen LogP) is 5.90. The van der Waals surface area contributed by atoms with E-state index in [-0.39, 0.29) is 11.8 Å². The molecule has 4 heteroatoms.